The first-order valence-corrected chi connectivity index (χ1v) is 9.91. The van der Waals surface area contributed by atoms with Crippen molar-refractivity contribution in [3.63, 3.8) is 0 Å². The number of halogens is 3. The van der Waals surface area contributed by atoms with Crippen molar-refractivity contribution in [1.82, 2.24) is 9.97 Å². The largest absolute Gasteiger partial charge is 0.484 e. The third-order valence-electron chi connectivity index (χ3n) is 4.73. The zero-order valence-corrected chi connectivity index (χ0v) is 17.3. The molecule has 0 unspecified atom stereocenters. The Hall–Kier alpha value is -4.54. The molecule has 8 nitrogen and oxygen atoms in total. The van der Waals surface area contributed by atoms with Crippen LogP contribution in [0.15, 0.2) is 71.5 Å². The number of anilines is 2. The van der Waals surface area contributed by atoms with Crippen LogP contribution in [0, 0.1) is 0 Å². The standard InChI is InChI=1S/C23H17F3N4O4/c24-23(25,26)14-2-1-3-15(10-14)27-20(31)12-34-17-7-4-13(5-8-17)21(32)28-16-6-9-18-19(11-16)30-22(33)29-18/h1-11H,12H2,(H,27,31)(H,28,32)(H2,29,30,33). The molecule has 174 valence electrons. The van der Waals surface area contributed by atoms with Gasteiger partial charge in [0, 0.05) is 16.9 Å². The van der Waals surface area contributed by atoms with Crippen molar-refractivity contribution in [3.8, 4) is 5.75 Å². The predicted octanol–water partition coefficient (Wildman–Crippen LogP) is 4.14. The molecule has 0 bridgehead atoms. The number of carbonyl (C=O) groups is 2. The second kappa shape index (κ2) is 9.14. The lowest BCUT2D eigenvalue weighted by molar-refractivity contribution is -0.137. The number of aromatic amines is 2. The number of ether oxygens (including phenoxy) is 1. The number of benzene rings is 3. The van der Waals surface area contributed by atoms with Crippen molar-refractivity contribution in [1.29, 1.82) is 0 Å². The number of imidazole rings is 1. The quantitative estimate of drug-likeness (QED) is 0.339. The van der Waals surface area contributed by atoms with Gasteiger partial charge in [0.05, 0.1) is 16.6 Å². The highest BCUT2D eigenvalue weighted by molar-refractivity contribution is 6.05. The number of nitrogens with one attached hydrogen (secondary N) is 4. The van der Waals surface area contributed by atoms with Gasteiger partial charge in [0.15, 0.2) is 6.61 Å². The molecule has 4 aromatic rings. The first-order valence-electron chi connectivity index (χ1n) is 9.91. The second-order valence-electron chi connectivity index (χ2n) is 7.23. The van der Waals surface area contributed by atoms with Crippen molar-refractivity contribution in [2.75, 3.05) is 17.2 Å². The van der Waals surface area contributed by atoms with Crippen molar-refractivity contribution in [3.05, 3.63) is 88.3 Å². The fourth-order valence-electron chi connectivity index (χ4n) is 3.14. The number of aromatic nitrogens is 2. The average molecular weight is 470 g/mol. The lowest BCUT2D eigenvalue weighted by Crippen LogP contribution is -2.20. The number of carbonyl (C=O) groups excluding carboxylic acids is 2. The summed E-state index contributed by atoms with van der Waals surface area (Å²) in [5, 5.41) is 5.06. The van der Waals surface area contributed by atoms with E-state index in [0.717, 1.165) is 12.1 Å². The molecule has 4 rings (SSSR count). The Balaban J connectivity index is 1.32. The summed E-state index contributed by atoms with van der Waals surface area (Å²) in [4.78, 5) is 41.0. The first-order chi connectivity index (χ1) is 16.2. The molecule has 0 aliphatic heterocycles. The lowest BCUT2D eigenvalue weighted by Gasteiger charge is -2.11. The van der Waals surface area contributed by atoms with E-state index >= 15 is 0 Å². The van der Waals surface area contributed by atoms with Gasteiger partial charge in [0.1, 0.15) is 5.75 Å². The number of H-pyrrole nitrogens is 2. The minimum absolute atomic E-state index is 0.00246. The number of amides is 2. The fraction of sp³-hybridized carbons (Fsp3) is 0.0870. The zero-order chi connectivity index (χ0) is 24.3. The fourth-order valence-corrected chi connectivity index (χ4v) is 3.14. The van der Waals surface area contributed by atoms with Crippen molar-refractivity contribution in [2.45, 2.75) is 6.18 Å². The molecule has 1 heterocycles. The maximum atomic E-state index is 12.8. The van der Waals surface area contributed by atoms with Gasteiger partial charge < -0.3 is 25.3 Å². The normalized spacial score (nSPS) is 11.3. The van der Waals surface area contributed by atoms with Crippen molar-refractivity contribution >= 4 is 34.2 Å². The van der Waals surface area contributed by atoms with Crippen LogP contribution >= 0.6 is 0 Å². The minimum Gasteiger partial charge on any atom is -0.484 e. The van der Waals surface area contributed by atoms with Crippen molar-refractivity contribution in [2.24, 2.45) is 0 Å². The van der Waals surface area contributed by atoms with Gasteiger partial charge in [-0.2, -0.15) is 13.2 Å². The summed E-state index contributed by atoms with van der Waals surface area (Å²) in [7, 11) is 0. The van der Waals surface area contributed by atoms with E-state index < -0.39 is 30.2 Å². The van der Waals surface area contributed by atoms with E-state index in [2.05, 4.69) is 20.6 Å². The molecule has 3 aromatic carbocycles. The Morgan fingerprint density at radius 3 is 2.29 bits per heavy atom. The molecule has 1 aromatic heterocycles. The zero-order valence-electron chi connectivity index (χ0n) is 17.3. The van der Waals surface area contributed by atoms with E-state index in [-0.39, 0.29) is 11.4 Å². The van der Waals surface area contributed by atoms with Crippen molar-refractivity contribution < 1.29 is 27.5 Å². The maximum absolute atomic E-state index is 12.8. The second-order valence-corrected chi connectivity index (χ2v) is 7.23. The summed E-state index contributed by atoms with van der Waals surface area (Å²) in [6, 6.07) is 15.1. The third kappa shape index (κ3) is 5.44. The van der Waals surface area contributed by atoms with Crippen LogP contribution in [0.25, 0.3) is 11.0 Å². The molecule has 0 aliphatic carbocycles. The van der Waals surface area contributed by atoms with Gasteiger partial charge in [0.25, 0.3) is 11.8 Å². The summed E-state index contributed by atoms with van der Waals surface area (Å²) < 4.78 is 43.6. The van der Waals surface area contributed by atoms with Crippen LogP contribution in [0.4, 0.5) is 24.5 Å². The van der Waals surface area contributed by atoms with Crippen LogP contribution in [0.2, 0.25) is 0 Å². The van der Waals surface area contributed by atoms with Gasteiger partial charge in [-0.3, -0.25) is 9.59 Å². The van der Waals surface area contributed by atoms with Gasteiger partial charge in [-0.05, 0) is 60.7 Å². The Labute approximate surface area is 189 Å². The topological polar surface area (TPSA) is 116 Å². The minimum atomic E-state index is -4.51. The predicted molar refractivity (Wildman–Crippen MR) is 119 cm³/mol. The summed E-state index contributed by atoms with van der Waals surface area (Å²) in [6.07, 6.45) is -4.51. The number of hydrogen-bond donors (Lipinski definition) is 4. The third-order valence-corrected chi connectivity index (χ3v) is 4.73. The van der Waals surface area contributed by atoms with E-state index in [1.54, 1.807) is 18.2 Å². The van der Waals surface area contributed by atoms with E-state index in [1.165, 1.54) is 36.4 Å². The molecule has 0 saturated heterocycles. The van der Waals surface area contributed by atoms with E-state index in [0.29, 0.717) is 28.0 Å². The summed E-state index contributed by atoms with van der Waals surface area (Å²) in [5.41, 5.74) is 0.746. The molecule has 0 fully saturated rings. The molecule has 4 N–H and O–H groups in total. The molecular weight excluding hydrogens is 453 g/mol. The van der Waals surface area contributed by atoms with Gasteiger partial charge in [-0.25, -0.2) is 4.79 Å². The highest BCUT2D eigenvalue weighted by Gasteiger charge is 2.30. The summed E-state index contributed by atoms with van der Waals surface area (Å²) in [6.45, 7) is -0.434. The monoisotopic (exact) mass is 470 g/mol. The molecule has 0 saturated carbocycles. The van der Waals surface area contributed by atoms with E-state index in [1.807, 2.05) is 0 Å². The van der Waals surface area contributed by atoms with Crippen LogP contribution in [0.5, 0.6) is 5.75 Å². The summed E-state index contributed by atoms with van der Waals surface area (Å²) in [5.74, 6) is -0.743. The smallest absolute Gasteiger partial charge is 0.416 e. The van der Waals surface area contributed by atoms with E-state index in [4.69, 9.17) is 4.74 Å². The molecule has 11 heteroatoms. The molecule has 2 amide bonds. The molecular formula is C23H17F3N4O4. The molecule has 34 heavy (non-hydrogen) atoms. The van der Waals surface area contributed by atoms with Crippen LogP contribution in [-0.4, -0.2) is 28.4 Å². The Morgan fingerprint density at radius 2 is 1.56 bits per heavy atom. The van der Waals surface area contributed by atoms with Gasteiger partial charge in [-0.15, -0.1) is 0 Å². The highest BCUT2D eigenvalue weighted by atomic mass is 19.4. The van der Waals surface area contributed by atoms with Gasteiger partial charge in [0.2, 0.25) is 0 Å². The van der Waals surface area contributed by atoms with Crippen LogP contribution < -0.4 is 21.1 Å². The van der Waals surface area contributed by atoms with Crippen LogP contribution in [-0.2, 0) is 11.0 Å². The van der Waals surface area contributed by atoms with Crippen LogP contribution in [0.1, 0.15) is 15.9 Å². The molecule has 0 radical (unpaired) electrons. The number of fused-ring (bicyclic) bond motifs is 1. The van der Waals surface area contributed by atoms with E-state index in [9.17, 15) is 27.6 Å². The Kier molecular flexibility index (Phi) is 6.09. The molecule has 0 aliphatic rings. The average Bonchev–Trinajstić information content (AvgIpc) is 3.17. The summed E-state index contributed by atoms with van der Waals surface area (Å²) >= 11 is 0. The number of hydrogen-bond acceptors (Lipinski definition) is 4. The maximum Gasteiger partial charge on any atom is 0.416 e. The SMILES string of the molecule is O=C(COc1ccc(C(=O)Nc2ccc3[nH]c(=O)[nH]c3c2)cc1)Nc1cccc(C(F)(F)F)c1. The molecule has 0 atom stereocenters. The Bertz CT molecular complexity index is 1410. The lowest BCUT2D eigenvalue weighted by atomic mass is 10.2. The van der Waals surface area contributed by atoms with Gasteiger partial charge in [-0.1, -0.05) is 6.07 Å². The number of rotatable bonds is 6. The number of alkyl halides is 3. The highest BCUT2D eigenvalue weighted by Crippen LogP contribution is 2.30. The first kappa shape index (κ1) is 22.6. The van der Waals surface area contributed by atoms with Crippen LogP contribution in [0.3, 0.4) is 0 Å². The Morgan fingerprint density at radius 1 is 0.853 bits per heavy atom. The van der Waals surface area contributed by atoms with Gasteiger partial charge >= 0.3 is 11.9 Å². The molecule has 0 spiro atoms.